The van der Waals surface area contributed by atoms with Crippen molar-refractivity contribution in [3.05, 3.63) is 53.2 Å². The molecular formula is C15H19N3. The van der Waals surface area contributed by atoms with Crippen LogP contribution in [0.15, 0.2) is 36.4 Å². The third kappa shape index (κ3) is 2.80. The van der Waals surface area contributed by atoms with Crippen molar-refractivity contribution in [2.24, 2.45) is 0 Å². The van der Waals surface area contributed by atoms with Crippen molar-refractivity contribution in [2.75, 3.05) is 17.7 Å². The molecule has 3 heteroatoms. The maximum absolute atomic E-state index is 5.78. The first-order chi connectivity index (χ1) is 8.56. The monoisotopic (exact) mass is 241 g/mol. The van der Waals surface area contributed by atoms with Crippen molar-refractivity contribution in [3.8, 4) is 0 Å². The number of aryl methyl sites for hydroxylation is 2. The summed E-state index contributed by atoms with van der Waals surface area (Å²) in [5.41, 5.74) is 9.95. The highest BCUT2D eigenvalue weighted by atomic mass is 15.2. The third-order valence-electron chi connectivity index (χ3n) is 3.04. The van der Waals surface area contributed by atoms with Gasteiger partial charge in [0.1, 0.15) is 5.82 Å². The van der Waals surface area contributed by atoms with Crippen LogP contribution in [0, 0.1) is 13.8 Å². The molecule has 0 aliphatic heterocycles. The van der Waals surface area contributed by atoms with Gasteiger partial charge in [0.25, 0.3) is 0 Å². The molecule has 0 aliphatic rings. The predicted molar refractivity (Wildman–Crippen MR) is 76.7 cm³/mol. The Morgan fingerprint density at radius 3 is 2.33 bits per heavy atom. The fraction of sp³-hybridized carbons (Fsp3) is 0.267. The van der Waals surface area contributed by atoms with Gasteiger partial charge in [0.05, 0.1) is 11.4 Å². The lowest BCUT2D eigenvalue weighted by atomic mass is 10.1. The first-order valence-electron chi connectivity index (χ1n) is 6.06. The number of aromatic nitrogens is 1. The highest BCUT2D eigenvalue weighted by molar-refractivity contribution is 5.50. The Morgan fingerprint density at radius 1 is 1.06 bits per heavy atom. The zero-order chi connectivity index (χ0) is 13.1. The van der Waals surface area contributed by atoms with Gasteiger partial charge in [0.2, 0.25) is 0 Å². The summed E-state index contributed by atoms with van der Waals surface area (Å²) < 4.78 is 0. The molecule has 0 aliphatic carbocycles. The fourth-order valence-corrected chi connectivity index (χ4v) is 1.82. The van der Waals surface area contributed by atoms with Crippen LogP contribution in [-0.4, -0.2) is 12.0 Å². The van der Waals surface area contributed by atoms with Crippen LogP contribution in [-0.2, 0) is 6.54 Å². The number of rotatable bonds is 3. The lowest BCUT2D eigenvalue weighted by Gasteiger charge is -2.19. The van der Waals surface area contributed by atoms with Gasteiger partial charge in [-0.25, -0.2) is 4.98 Å². The van der Waals surface area contributed by atoms with E-state index in [-0.39, 0.29) is 0 Å². The lowest BCUT2D eigenvalue weighted by Crippen LogP contribution is -2.18. The topological polar surface area (TPSA) is 42.1 Å². The zero-order valence-corrected chi connectivity index (χ0v) is 11.1. The highest BCUT2D eigenvalue weighted by Crippen LogP contribution is 2.17. The van der Waals surface area contributed by atoms with E-state index >= 15 is 0 Å². The molecule has 0 amide bonds. The molecular weight excluding hydrogens is 222 g/mol. The van der Waals surface area contributed by atoms with E-state index in [0.29, 0.717) is 0 Å². The zero-order valence-electron chi connectivity index (χ0n) is 11.1. The van der Waals surface area contributed by atoms with Crippen LogP contribution in [0.3, 0.4) is 0 Å². The lowest BCUT2D eigenvalue weighted by molar-refractivity contribution is 0.892. The van der Waals surface area contributed by atoms with E-state index in [1.165, 1.54) is 11.1 Å². The van der Waals surface area contributed by atoms with Gasteiger partial charge in [0, 0.05) is 13.6 Å². The normalized spacial score (nSPS) is 10.4. The van der Waals surface area contributed by atoms with Gasteiger partial charge in [-0.1, -0.05) is 29.8 Å². The summed E-state index contributed by atoms with van der Waals surface area (Å²) in [4.78, 5) is 6.61. The molecule has 1 heterocycles. The van der Waals surface area contributed by atoms with Crippen molar-refractivity contribution < 1.29 is 0 Å². The van der Waals surface area contributed by atoms with Crippen LogP contribution in [0.4, 0.5) is 11.5 Å². The van der Waals surface area contributed by atoms with E-state index in [9.17, 15) is 0 Å². The first-order valence-corrected chi connectivity index (χ1v) is 6.06. The Labute approximate surface area is 108 Å². The molecule has 0 saturated heterocycles. The quantitative estimate of drug-likeness (QED) is 0.898. The Morgan fingerprint density at radius 2 is 1.72 bits per heavy atom. The molecule has 0 radical (unpaired) electrons. The maximum atomic E-state index is 5.78. The summed E-state index contributed by atoms with van der Waals surface area (Å²) in [5.74, 6) is 0.947. The van der Waals surface area contributed by atoms with Crippen LogP contribution >= 0.6 is 0 Å². The molecule has 94 valence electrons. The van der Waals surface area contributed by atoms with Crippen LogP contribution in [0.2, 0.25) is 0 Å². The van der Waals surface area contributed by atoms with Crippen LogP contribution in [0.5, 0.6) is 0 Å². The van der Waals surface area contributed by atoms with Gasteiger partial charge in [-0.15, -0.1) is 0 Å². The molecule has 2 aromatic rings. The van der Waals surface area contributed by atoms with Crippen LogP contribution < -0.4 is 10.6 Å². The largest absolute Gasteiger partial charge is 0.397 e. The van der Waals surface area contributed by atoms with E-state index in [1.807, 2.05) is 26.1 Å². The number of nitrogens with zero attached hydrogens (tertiary/aromatic N) is 2. The van der Waals surface area contributed by atoms with Crippen molar-refractivity contribution in [1.82, 2.24) is 4.98 Å². The minimum atomic E-state index is 0.738. The van der Waals surface area contributed by atoms with E-state index in [0.717, 1.165) is 23.7 Å². The SMILES string of the molecule is Cc1ccc(CN(C)c2ccc(N)c(C)n2)cc1. The van der Waals surface area contributed by atoms with E-state index in [2.05, 4.69) is 41.1 Å². The smallest absolute Gasteiger partial charge is 0.128 e. The number of hydrogen-bond acceptors (Lipinski definition) is 3. The standard InChI is InChI=1S/C15H19N3/c1-11-4-6-13(7-5-11)10-18(3)15-9-8-14(16)12(2)17-15/h4-9H,10,16H2,1-3H3. The average molecular weight is 241 g/mol. The molecule has 0 atom stereocenters. The molecule has 2 N–H and O–H groups in total. The van der Waals surface area contributed by atoms with Gasteiger partial charge in [0.15, 0.2) is 0 Å². The second kappa shape index (κ2) is 5.08. The van der Waals surface area contributed by atoms with Crippen molar-refractivity contribution in [2.45, 2.75) is 20.4 Å². The van der Waals surface area contributed by atoms with Gasteiger partial charge < -0.3 is 10.6 Å². The molecule has 0 bridgehead atoms. The predicted octanol–water partition coefficient (Wildman–Crippen LogP) is 2.92. The van der Waals surface area contributed by atoms with Crippen LogP contribution in [0.1, 0.15) is 16.8 Å². The van der Waals surface area contributed by atoms with E-state index < -0.39 is 0 Å². The summed E-state index contributed by atoms with van der Waals surface area (Å²) in [5, 5.41) is 0. The number of pyridine rings is 1. The molecule has 0 saturated carbocycles. The molecule has 0 fully saturated rings. The second-order valence-electron chi connectivity index (χ2n) is 4.69. The van der Waals surface area contributed by atoms with E-state index in [1.54, 1.807) is 0 Å². The summed E-state index contributed by atoms with van der Waals surface area (Å²) >= 11 is 0. The summed E-state index contributed by atoms with van der Waals surface area (Å²) in [6, 6.07) is 12.4. The van der Waals surface area contributed by atoms with Crippen molar-refractivity contribution in [1.29, 1.82) is 0 Å². The number of benzene rings is 1. The van der Waals surface area contributed by atoms with Gasteiger partial charge >= 0.3 is 0 Å². The molecule has 0 unspecified atom stereocenters. The molecule has 2 rings (SSSR count). The van der Waals surface area contributed by atoms with Gasteiger partial charge in [-0.05, 0) is 31.5 Å². The molecule has 1 aromatic heterocycles. The number of hydrogen-bond donors (Lipinski definition) is 1. The Bertz CT molecular complexity index is 532. The average Bonchev–Trinajstić information content (AvgIpc) is 2.35. The summed E-state index contributed by atoms with van der Waals surface area (Å²) in [7, 11) is 2.04. The van der Waals surface area contributed by atoms with Crippen molar-refractivity contribution in [3.63, 3.8) is 0 Å². The van der Waals surface area contributed by atoms with Crippen LogP contribution in [0.25, 0.3) is 0 Å². The summed E-state index contributed by atoms with van der Waals surface area (Å²) in [6.07, 6.45) is 0. The number of nitrogen functional groups attached to an aromatic ring is 1. The van der Waals surface area contributed by atoms with E-state index in [4.69, 9.17) is 5.73 Å². The molecule has 0 spiro atoms. The third-order valence-corrected chi connectivity index (χ3v) is 3.04. The minimum Gasteiger partial charge on any atom is -0.397 e. The first kappa shape index (κ1) is 12.4. The molecule has 1 aromatic carbocycles. The molecule has 18 heavy (non-hydrogen) atoms. The fourth-order valence-electron chi connectivity index (χ4n) is 1.82. The number of anilines is 2. The maximum Gasteiger partial charge on any atom is 0.128 e. The highest BCUT2D eigenvalue weighted by Gasteiger charge is 2.05. The Hall–Kier alpha value is -2.03. The summed E-state index contributed by atoms with van der Waals surface area (Å²) in [6.45, 7) is 4.87. The van der Waals surface area contributed by atoms with Gasteiger partial charge in [-0.3, -0.25) is 0 Å². The molecule has 3 nitrogen and oxygen atoms in total. The second-order valence-corrected chi connectivity index (χ2v) is 4.69. The van der Waals surface area contributed by atoms with Crippen molar-refractivity contribution >= 4 is 11.5 Å². The van der Waals surface area contributed by atoms with Gasteiger partial charge in [-0.2, -0.15) is 0 Å². The number of nitrogens with two attached hydrogens (primary N) is 1. The Balaban J connectivity index is 2.13. The minimum absolute atomic E-state index is 0.738. The Kier molecular flexibility index (Phi) is 3.51.